The zero-order chi connectivity index (χ0) is 42.6. The first kappa shape index (κ1) is 40.6. The van der Waals surface area contributed by atoms with Crippen LogP contribution < -0.4 is 5.82 Å². The molecule has 11 heteroatoms. The molecule has 0 saturated heterocycles. The molecule has 0 unspecified atom stereocenters. The molecular formula is C50H48N6O5. The van der Waals surface area contributed by atoms with E-state index >= 15 is 0 Å². The van der Waals surface area contributed by atoms with Crippen LogP contribution in [0, 0.1) is 0 Å². The van der Waals surface area contributed by atoms with Crippen molar-refractivity contribution in [3.63, 3.8) is 0 Å². The predicted octanol–water partition coefficient (Wildman–Crippen LogP) is 9.81. The van der Waals surface area contributed by atoms with Crippen molar-refractivity contribution in [3.8, 4) is 22.5 Å². The van der Waals surface area contributed by atoms with Crippen molar-refractivity contribution in [1.82, 2.24) is 29.8 Å². The third kappa shape index (κ3) is 7.86. The largest absolute Gasteiger partial charge is 0.519 e. The van der Waals surface area contributed by atoms with Gasteiger partial charge in [-0.3, -0.25) is 0 Å². The summed E-state index contributed by atoms with van der Waals surface area (Å²) < 4.78 is 20.3. The van der Waals surface area contributed by atoms with Gasteiger partial charge in [0.05, 0.1) is 5.69 Å². The monoisotopic (exact) mass is 812 g/mol. The molecule has 0 atom stereocenters. The molecule has 5 aromatic carbocycles. The first-order valence-electron chi connectivity index (χ1n) is 20.7. The highest BCUT2D eigenvalue weighted by Crippen LogP contribution is 2.43. The second kappa shape index (κ2) is 17.2. The fourth-order valence-electron chi connectivity index (χ4n) is 8.18. The van der Waals surface area contributed by atoms with Crippen molar-refractivity contribution < 1.29 is 18.4 Å². The van der Waals surface area contributed by atoms with Crippen LogP contribution in [-0.2, 0) is 41.7 Å². The predicted molar refractivity (Wildman–Crippen MR) is 233 cm³/mol. The van der Waals surface area contributed by atoms with Gasteiger partial charge in [0.25, 0.3) is 0 Å². The molecule has 8 aromatic rings. The smallest absolute Gasteiger partial charge is 0.453 e. The van der Waals surface area contributed by atoms with Gasteiger partial charge in [0, 0.05) is 23.9 Å². The molecule has 0 N–H and O–H groups in total. The Bertz CT molecular complexity index is 2700. The second-order valence-corrected chi connectivity index (χ2v) is 16.0. The molecule has 0 radical (unpaired) electrons. The summed E-state index contributed by atoms with van der Waals surface area (Å²) in [7, 11) is 0. The molecule has 0 bridgehead atoms. The molecule has 0 saturated carbocycles. The van der Waals surface area contributed by atoms with Crippen LogP contribution in [0.1, 0.15) is 96.8 Å². The first-order valence-corrected chi connectivity index (χ1v) is 20.7. The highest BCUT2D eigenvalue weighted by molar-refractivity contribution is 5.89. The maximum absolute atomic E-state index is 13.9. The zero-order valence-corrected chi connectivity index (χ0v) is 35.0. The van der Waals surface area contributed by atoms with Gasteiger partial charge in [-0.15, -0.1) is 5.10 Å². The number of rotatable bonds is 14. The quantitative estimate of drug-likeness (QED) is 0.0778. The normalized spacial score (nSPS) is 11.8. The van der Waals surface area contributed by atoms with E-state index in [0.717, 1.165) is 51.2 Å². The Morgan fingerprint density at radius 2 is 1.30 bits per heavy atom. The summed E-state index contributed by atoms with van der Waals surface area (Å²) in [4.78, 5) is 30.8. The van der Waals surface area contributed by atoms with Crippen LogP contribution in [0.2, 0.25) is 0 Å². The summed E-state index contributed by atoms with van der Waals surface area (Å²) >= 11 is 0. The molecule has 0 fully saturated rings. The minimum atomic E-state index is -0.905. The maximum atomic E-state index is 13.9. The summed E-state index contributed by atoms with van der Waals surface area (Å²) in [6.07, 6.45) is 2.07. The van der Waals surface area contributed by atoms with E-state index in [9.17, 15) is 9.59 Å². The van der Waals surface area contributed by atoms with Crippen molar-refractivity contribution in [3.05, 3.63) is 201 Å². The molecule has 3 heterocycles. The van der Waals surface area contributed by atoms with Crippen LogP contribution >= 0.6 is 0 Å². The van der Waals surface area contributed by atoms with E-state index < -0.39 is 22.7 Å². The van der Waals surface area contributed by atoms with Crippen LogP contribution in [-0.4, -0.2) is 35.7 Å². The van der Waals surface area contributed by atoms with Gasteiger partial charge in [-0.05, 0) is 56.6 Å². The number of hydrogen-bond acceptors (Lipinski definition) is 9. The summed E-state index contributed by atoms with van der Waals surface area (Å²) in [6.45, 7) is 9.91. The topological polar surface area (TPSA) is 131 Å². The van der Waals surface area contributed by atoms with Gasteiger partial charge in [-0.2, -0.15) is 0 Å². The molecule has 0 aliphatic carbocycles. The molecule has 0 aliphatic heterocycles. The second-order valence-electron chi connectivity index (χ2n) is 16.0. The molecule has 11 nitrogen and oxygen atoms in total. The number of benzene rings is 5. The first-order chi connectivity index (χ1) is 29.6. The fraction of sp³-hybridized carbons (Fsp3) is 0.240. The Hall–Kier alpha value is -7.14. The van der Waals surface area contributed by atoms with E-state index in [1.54, 1.807) is 0 Å². The molecule has 8 rings (SSSR count). The SMILES string of the molecule is CCCc1nc(CC)c(C(=O)OCc2oc(=O)oc2C(C)(C)C)n1Cc1ccc(-c2ccccc2-c2nnnn2C(c2ccccc2)(c2ccccc2)c2ccccc2)cc1. The van der Waals surface area contributed by atoms with E-state index in [1.165, 1.54) is 0 Å². The lowest BCUT2D eigenvalue weighted by Crippen LogP contribution is -2.39. The van der Waals surface area contributed by atoms with Gasteiger partial charge in [-0.25, -0.2) is 19.3 Å². The number of imidazole rings is 1. The number of ether oxygens (including phenoxy) is 1. The maximum Gasteiger partial charge on any atom is 0.519 e. The van der Waals surface area contributed by atoms with Gasteiger partial charge in [0.1, 0.15) is 11.4 Å². The van der Waals surface area contributed by atoms with Crippen LogP contribution in [0.4, 0.5) is 0 Å². The zero-order valence-electron chi connectivity index (χ0n) is 35.0. The van der Waals surface area contributed by atoms with E-state index in [1.807, 2.05) is 104 Å². The van der Waals surface area contributed by atoms with Gasteiger partial charge >= 0.3 is 11.8 Å². The summed E-state index contributed by atoms with van der Waals surface area (Å²) in [5.74, 6) is 0.581. The average molecular weight is 813 g/mol. The number of tetrazole rings is 1. The number of carbonyl (C=O) groups excluding carboxylic acids is 1. The summed E-state index contributed by atoms with van der Waals surface area (Å²) in [5.41, 5.74) is 6.44. The molecule has 3 aromatic heterocycles. The lowest BCUT2D eigenvalue weighted by Gasteiger charge is -2.36. The molecule has 0 amide bonds. The van der Waals surface area contributed by atoms with Crippen LogP contribution in [0.15, 0.2) is 153 Å². The molecular weight excluding hydrogens is 765 g/mol. The number of esters is 1. The minimum Gasteiger partial charge on any atom is -0.453 e. The van der Waals surface area contributed by atoms with Crippen LogP contribution in [0.3, 0.4) is 0 Å². The molecule has 308 valence electrons. The fourth-order valence-corrected chi connectivity index (χ4v) is 8.18. The standard InChI is InChI=1S/C50H48N6O5/c1-6-19-43-51-41(7-2)44(47(57)59-33-42-45(49(3,4)5)61-48(58)60-42)55(43)32-34-28-30-35(31-29-34)39-26-17-18-27-40(39)46-52-53-54-56(46)50(36-20-11-8-12-21-36,37-22-13-9-14-23-37)38-24-15-10-16-25-38/h8-18,20-31H,6-7,19,32-33H2,1-5H3. The van der Waals surface area contributed by atoms with Gasteiger partial charge in [-0.1, -0.05) is 174 Å². The third-order valence-electron chi connectivity index (χ3n) is 10.9. The summed E-state index contributed by atoms with van der Waals surface area (Å²) in [6, 6.07) is 47.6. The van der Waals surface area contributed by atoms with E-state index in [2.05, 4.69) is 84.9 Å². The average Bonchev–Trinajstić information content (AvgIpc) is 4.02. The highest BCUT2D eigenvalue weighted by Gasteiger charge is 2.42. The van der Waals surface area contributed by atoms with E-state index in [0.29, 0.717) is 42.4 Å². The van der Waals surface area contributed by atoms with E-state index in [-0.39, 0.29) is 12.4 Å². The number of nitrogens with zero attached hydrogens (tertiary/aromatic N) is 6. The van der Waals surface area contributed by atoms with Crippen molar-refractivity contribution in [2.24, 2.45) is 0 Å². The summed E-state index contributed by atoms with van der Waals surface area (Å²) in [5, 5.41) is 13.8. The third-order valence-corrected chi connectivity index (χ3v) is 10.9. The molecule has 0 aliphatic rings. The van der Waals surface area contributed by atoms with Crippen molar-refractivity contribution >= 4 is 5.97 Å². The Kier molecular flexibility index (Phi) is 11.5. The van der Waals surface area contributed by atoms with Gasteiger partial charge < -0.3 is 18.1 Å². The van der Waals surface area contributed by atoms with Crippen molar-refractivity contribution in [2.45, 2.75) is 78.0 Å². The van der Waals surface area contributed by atoms with Gasteiger partial charge in [0.2, 0.25) is 0 Å². The minimum absolute atomic E-state index is 0.194. The van der Waals surface area contributed by atoms with Crippen molar-refractivity contribution in [1.29, 1.82) is 0 Å². The number of aromatic nitrogens is 6. The molecule has 61 heavy (non-hydrogen) atoms. The van der Waals surface area contributed by atoms with Gasteiger partial charge in [0.15, 0.2) is 29.6 Å². The lowest BCUT2D eigenvalue weighted by atomic mass is 9.77. The Morgan fingerprint density at radius 3 is 1.85 bits per heavy atom. The Labute approximate surface area is 354 Å². The lowest BCUT2D eigenvalue weighted by molar-refractivity contribution is 0.0427. The number of hydrogen-bond donors (Lipinski definition) is 0. The Morgan fingerprint density at radius 1 is 0.721 bits per heavy atom. The Balaban J connectivity index is 1.15. The highest BCUT2D eigenvalue weighted by atomic mass is 16.6. The number of aryl methyl sites for hydroxylation is 2. The van der Waals surface area contributed by atoms with E-state index in [4.69, 9.17) is 28.9 Å². The van der Waals surface area contributed by atoms with Crippen LogP contribution in [0.25, 0.3) is 22.5 Å². The van der Waals surface area contributed by atoms with Crippen molar-refractivity contribution in [2.75, 3.05) is 0 Å². The number of carbonyl (C=O) groups is 1. The molecule has 0 spiro atoms. The van der Waals surface area contributed by atoms with Crippen LogP contribution in [0.5, 0.6) is 0 Å².